The predicted octanol–water partition coefficient (Wildman–Crippen LogP) is 2.83. The molecule has 3 aromatic rings. The molecule has 0 saturated carbocycles. The molecular weight excluding hydrogens is 360 g/mol. The number of hydrogen-bond acceptors (Lipinski definition) is 5. The van der Waals surface area contributed by atoms with Gasteiger partial charge in [-0.25, -0.2) is 4.79 Å². The second-order valence-electron chi connectivity index (χ2n) is 6.16. The van der Waals surface area contributed by atoms with Gasteiger partial charge in [0.2, 0.25) is 5.91 Å². The molecule has 3 aromatic carbocycles. The predicted molar refractivity (Wildman–Crippen MR) is 104 cm³/mol. The zero-order chi connectivity index (χ0) is 20.3. The number of phenolic OH excluding ortho intramolecular Hbond substituents is 1. The van der Waals surface area contributed by atoms with Crippen LogP contribution in [0.4, 0.5) is 5.69 Å². The number of phenols is 1. The number of fused-ring (bicyclic) bond motifs is 1. The topological polar surface area (TPSA) is 119 Å². The van der Waals surface area contributed by atoms with Gasteiger partial charge in [-0.2, -0.15) is 0 Å². The number of benzene rings is 3. The van der Waals surface area contributed by atoms with Crippen molar-refractivity contribution in [2.24, 2.45) is 5.73 Å². The lowest BCUT2D eigenvalue weighted by Crippen LogP contribution is -2.30. The first-order valence-electron chi connectivity index (χ1n) is 8.49. The van der Waals surface area contributed by atoms with Crippen molar-refractivity contribution >= 4 is 34.2 Å². The fourth-order valence-corrected chi connectivity index (χ4v) is 2.66. The number of amides is 2. The first-order valence-corrected chi connectivity index (χ1v) is 8.49. The number of carbonyl (C=O) groups is 3. The van der Waals surface area contributed by atoms with Crippen LogP contribution in [-0.2, 0) is 9.53 Å². The molecule has 4 N–H and O–H groups in total. The largest absolute Gasteiger partial charge is 0.506 e. The van der Waals surface area contributed by atoms with E-state index in [0.29, 0.717) is 16.6 Å². The van der Waals surface area contributed by atoms with E-state index in [1.807, 2.05) is 12.1 Å². The Hall–Kier alpha value is -3.87. The summed E-state index contributed by atoms with van der Waals surface area (Å²) in [5.74, 6) is -2.14. The van der Waals surface area contributed by atoms with Crippen molar-refractivity contribution in [2.45, 2.75) is 13.0 Å². The van der Waals surface area contributed by atoms with Crippen molar-refractivity contribution in [3.8, 4) is 5.75 Å². The van der Waals surface area contributed by atoms with Crippen LogP contribution in [0.1, 0.15) is 27.6 Å². The molecule has 0 aliphatic rings. The fourth-order valence-electron chi connectivity index (χ4n) is 2.66. The molecule has 0 radical (unpaired) electrons. The molecule has 142 valence electrons. The number of carbonyl (C=O) groups excluding carboxylic acids is 3. The molecule has 1 unspecified atom stereocenters. The number of hydrogen-bond donors (Lipinski definition) is 3. The second kappa shape index (κ2) is 7.79. The van der Waals surface area contributed by atoms with Crippen molar-refractivity contribution in [2.75, 3.05) is 5.32 Å². The number of nitrogens with one attached hydrogen (secondary N) is 1. The molecular formula is C21H18N2O5. The summed E-state index contributed by atoms with van der Waals surface area (Å²) >= 11 is 0. The van der Waals surface area contributed by atoms with Crippen LogP contribution in [0.15, 0.2) is 60.7 Å². The summed E-state index contributed by atoms with van der Waals surface area (Å²) in [6, 6.07) is 16.2. The first-order chi connectivity index (χ1) is 13.4. The fraction of sp³-hybridized carbons (Fsp3) is 0.0952. The Labute approximate surface area is 160 Å². The molecule has 0 bridgehead atoms. The number of esters is 1. The second-order valence-corrected chi connectivity index (χ2v) is 6.16. The number of primary amides is 1. The number of rotatable bonds is 5. The minimum Gasteiger partial charge on any atom is -0.506 e. The first kappa shape index (κ1) is 18.9. The highest BCUT2D eigenvalue weighted by atomic mass is 16.5. The Morgan fingerprint density at radius 3 is 2.36 bits per heavy atom. The summed E-state index contributed by atoms with van der Waals surface area (Å²) in [5, 5.41) is 14.2. The molecule has 2 amide bonds. The maximum Gasteiger partial charge on any atom is 0.342 e. The van der Waals surface area contributed by atoms with Gasteiger partial charge in [0.05, 0.1) is 0 Å². The minimum atomic E-state index is -1.10. The van der Waals surface area contributed by atoms with Gasteiger partial charge in [0.15, 0.2) is 6.10 Å². The Bertz CT molecular complexity index is 1060. The van der Waals surface area contributed by atoms with Gasteiger partial charge in [0.25, 0.3) is 5.91 Å². The SMILES string of the molecule is CC(OC(=O)c1ccc2ccccc2c1O)C(=O)Nc1ccc(C(N)=O)cc1. The van der Waals surface area contributed by atoms with E-state index in [-0.39, 0.29) is 11.3 Å². The van der Waals surface area contributed by atoms with Crippen molar-refractivity contribution in [3.05, 3.63) is 71.8 Å². The van der Waals surface area contributed by atoms with Gasteiger partial charge in [-0.15, -0.1) is 0 Å². The minimum absolute atomic E-state index is 0.0239. The number of nitrogens with two attached hydrogens (primary N) is 1. The van der Waals surface area contributed by atoms with Crippen LogP contribution in [0.5, 0.6) is 5.75 Å². The Kier molecular flexibility index (Phi) is 5.26. The van der Waals surface area contributed by atoms with E-state index < -0.39 is 23.9 Å². The molecule has 0 heterocycles. The highest BCUT2D eigenvalue weighted by Gasteiger charge is 2.22. The number of ether oxygens (including phenoxy) is 1. The monoisotopic (exact) mass is 378 g/mol. The third kappa shape index (κ3) is 3.93. The summed E-state index contributed by atoms with van der Waals surface area (Å²) in [6.07, 6.45) is -1.10. The third-order valence-corrected chi connectivity index (χ3v) is 4.21. The van der Waals surface area contributed by atoms with Crippen molar-refractivity contribution in [1.82, 2.24) is 0 Å². The molecule has 7 nitrogen and oxygen atoms in total. The van der Waals surface area contributed by atoms with Crippen LogP contribution in [-0.4, -0.2) is 29.0 Å². The van der Waals surface area contributed by atoms with E-state index in [2.05, 4.69) is 5.32 Å². The summed E-state index contributed by atoms with van der Waals surface area (Å²) in [6.45, 7) is 1.42. The molecule has 3 rings (SSSR count). The van der Waals surface area contributed by atoms with E-state index in [1.165, 1.54) is 37.3 Å². The van der Waals surface area contributed by atoms with E-state index >= 15 is 0 Å². The average Bonchev–Trinajstić information content (AvgIpc) is 2.68. The zero-order valence-electron chi connectivity index (χ0n) is 15.0. The summed E-state index contributed by atoms with van der Waals surface area (Å²) in [7, 11) is 0. The van der Waals surface area contributed by atoms with Crippen molar-refractivity contribution in [1.29, 1.82) is 0 Å². The van der Waals surface area contributed by atoms with Gasteiger partial charge in [0.1, 0.15) is 11.3 Å². The smallest absolute Gasteiger partial charge is 0.342 e. The molecule has 7 heteroatoms. The van der Waals surface area contributed by atoms with Gasteiger partial charge in [0, 0.05) is 16.6 Å². The van der Waals surface area contributed by atoms with Crippen LogP contribution < -0.4 is 11.1 Å². The highest BCUT2D eigenvalue weighted by Crippen LogP contribution is 2.29. The standard InChI is InChI=1S/C21H18N2O5/c1-12(20(26)23-15-9-6-14(7-10-15)19(22)25)28-21(27)17-11-8-13-4-2-3-5-16(13)18(17)24/h2-12,24H,1H3,(H2,22,25)(H,23,26). The lowest BCUT2D eigenvalue weighted by molar-refractivity contribution is -0.123. The molecule has 0 spiro atoms. The summed E-state index contributed by atoms with van der Waals surface area (Å²) in [5.41, 5.74) is 5.87. The third-order valence-electron chi connectivity index (χ3n) is 4.21. The molecule has 0 saturated heterocycles. The molecule has 1 atom stereocenters. The maximum atomic E-state index is 12.4. The van der Waals surface area contributed by atoms with Gasteiger partial charge in [-0.3, -0.25) is 9.59 Å². The lowest BCUT2D eigenvalue weighted by atomic mass is 10.1. The van der Waals surface area contributed by atoms with Crippen molar-refractivity contribution in [3.63, 3.8) is 0 Å². The quantitative estimate of drug-likeness (QED) is 0.590. The average molecular weight is 378 g/mol. The van der Waals surface area contributed by atoms with Crippen LogP contribution in [0.25, 0.3) is 10.8 Å². The van der Waals surface area contributed by atoms with Gasteiger partial charge < -0.3 is 20.9 Å². The summed E-state index contributed by atoms with van der Waals surface area (Å²) < 4.78 is 5.18. The Morgan fingerprint density at radius 1 is 1.00 bits per heavy atom. The van der Waals surface area contributed by atoms with Crippen LogP contribution in [0.3, 0.4) is 0 Å². The molecule has 0 aliphatic heterocycles. The van der Waals surface area contributed by atoms with E-state index in [0.717, 1.165) is 5.39 Å². The van der Waals surface area contributed by atoms with E-state index in [1.54, 1.807) is 18.2 Å². The molecule has 28 heavy (non-hydrogen) atoms. The Morgan fingerprint density at radius 2 is 1.68 bits per heavy atom. The normalized spacial score (nSPS) is 11.6. The van der Waals surface area contributed by atoms with Crippen LogP contribution in [0, 0.1) is 0 Å². The van der Waals surface area contributed by atoms with E-state index in [9.17, 15) is 19.5 Å². The van der Waals surface area contributed by atoms with Gasteiger partial charge in [-0.1, -0.05) is 30.3 Å². The van der Waals surface area contributed by atoms with Crippen molar-refractivity contribution < 1.29 is 24.2 Å². The Balaban J connectivity index is 1.69. The highest BCUT2D eigenvalue weighted by molar-refractivity contribution is 6.03. The van der Waals surface area contributed by atoms with Crippen LogP contribution in [0.2, 0.25) is 0 Å². The van der Waals surface area contributed by atoms with Crippen LogP contribution >= 0.6 is 0 Å². The summed E-state index contributed by atoms with van der Waals surface area (Å²) in [4.78, 5) is 35.7. The van der Waals surface area contributed by atoms with Gasteiger partial charge in [-0.05, 0) is 42.6 Å². The molecule has 0 aromatic heterocycles. The van der Waals surface area contributed by atoms with Gasteiger partial charge >= 0.3 is 5.97 Å². The molecule has 0 aliphatic carbocycles. The zero-order valence-corrected chi connectivity index (χ0v) is 15.0. The maximum absolute atomic E-state index is 12.4. The van der Waals surface area contributed by atoms with E-state index in [4.69, 9.17) is 10.5 Å². The number of aromatic hydroxyl groups is 1. The molecule has 0 fully saturated rings. The number of anilines is 1. The lowest BCUT2D eigenvalue weighted by Gasteiger charge is -2.14.